The lowest BCUT2D eigenvalue weighted by Gasteiger charge is -2.24. The zero-order valence-corrected chi connectivity index (χ0v) is 21.3. The van der Waals surface area contributed by atoms with Crippen LogP contribution in [0.3, 0.4) is 0 Å². The number of fused-ring (bicyclic) bond motifs is 1. The van der Waals surface area contributed by atoms with Gasteiger partial charge in [-0.1, -0.05) is 6.07 Å². The Morgan fingerprint density at radius 1 is 1.08 bits per heavy atom. The summed E-state index contributed by atoms with van der Waals surface area (Å²) in [4.78, 5) is 18.6. The smallest absolute Gasteiger partial charge is 0.410 e. The molecule has 8 nitrogen and oxygen atoms in total. The first kappa shape index (κ1) is 24.5. The molecule has 2 aromatic heterocycles. The molecule has 192 valence electrons. The molecule has 1 unspecified atom stereocenters. The minimum absolute atomic E-state index is 0.0183. The number of aromatic nitrogens is 3. The van der Waals surface area contributed by atoms with Crippen LogP contribution >= 0.6 is 0 Å². The second-order valence-electron chi connectivity index (χ2n) is 9.95. The van der Waals surface area contributed by atoms with E-state index in [1.54, 1.807) is 41.6 Å². The maximum Gasteiger partial charge on any atom is 0.410 e. The van der Waals surface area contributed by atoms with Gasteiger partial charge in [0.1, 0.15) is 17.0 Å². The molecule has 0 spiro atoms. The van der Waals surface area contributed by atoms with E-state index in [9.17, 15) is 9.18 Å². The Labute approximate surface area is 214 Å². The van der Waals surface area contributed by atoms with Crippen molar-refractivity contribution in [2.75, 3.05) is 20.2 Å². The highest BCUT2D eigenvalue weighted by Crippen LogP contribution is 2.35. The first-order chi connectivity index (χ1) is 17.7. The largest absolute Gasteiger partial charge is 0.494 e. The molecule has 37 heavy (non-hydrogen) atoms. The number of carbonyl (C=O) groups is 1. The van der Waals surface area contributed by atoms with Gasteiger partial charge in [-0.2, -0.15) is 9.49 Å². The molecule has 1 saturated heterocycles. The summed E-state index contributed by atoms with van der Waals surface area (Å²) in [6, 6.07) is 14.0. The standard InChI is InChI=1S/C28H29FN4O4/c1-28(2,3)37-27(34)32-15-13-19(17-32)33-22-12-14-30-16-21(22)26(31-33)18-8-10-20(11-9-18)36-24-7-5-6-23(35-4)25(24)29/h5-12,14,16,19H,13,15,17H2,1-4H3. The summed E-state index contributed by atoms with van der Waals surface area (Å²) in [7, 11) is 1.41. The summed E-state index contributed by atoms with van der Waals surface area (Å²) in [5.41, 5.74) is 2.05. The number of pyridine rings is 1. The van der Waals surface area contributed by atoms with Crippen LogP contribution in [-0.2, 0) is 4.74 Å². The molecule has 1 aliphatic rings. The predicted octanol–water partition coefficient (Wildman–Crippen LogP) is 6.22. The Bertz CT molecular complexity index is 1430. The van der Waals surface area contributed by atoms with Gasteiger partial charge < -0.3 is 19.1 Å². The van der Waals surface area contributed by atoms with Crippen molar-refractivity contribution in [2.45, 2.75) is 38.8 Å². The Morgan fingerprint density at radius 2 is 1.84 bits per heavy atom. The second kappa shape index (κ2) is 9.72. The number of methoxy groups -OCH3 is 1. The maximum atomic E-state index is 14.5. The van der Waals surface area contributed by atoms with E-state index in [2.05, 4.69) is 4.98 Å². The summed E-state index contributed by atoms with van der Waals surface area (Å²) in [5.74, 6) is 0.140. The quantitative estimate of drug-likeness (QED) is 0.321. The van der Waals surface area contributed by atoms with Crippen LogP contribution in [0.25, 0.3) is 22.2 Å². The number of nitrogens with zero attached hydrogens (tertiary/aromatic N) is 4. The Kier molecular flexibility index (Phi) is 6.45. The third kappa shape index (κ3) is 5.07. The molecule has 2 aromatic carbocycles. The van der Waals surface area contributed by atoms with Crippen LogP contribution in [0.15, 0.2) is 60.9 Å². The van der Waals surface area contributed by atoms with Crippen molar-refractivity contribution >= 4 is 17.0 Å². The number of ether oxygens (including phenoxy) is 3. The van der Waals surface area contributed by atoms with Crippen molar-refractivity contribution in [3.8, 4) is 28.5 Å². The fourth-order valence-corrected chi connectivity index (χ4v) is 4.45. The second-order valence-corrected chi connectivity index (χ2v) is 9.95. The Balaban J connectivity index is 1.39. The summed E-state index contributed by atoms with van der Waals surface area (Å²) in [5, 5.41) is 5.85. The van der Waals surface area contributed by atoms with Crippen molar-refractivity contribution in [2.24, 2.45) is 0 Å². The molecule has 0 bridgehead atoms. The number of amides is 1. The monoisotopic (exact) mass is 504 g/mol. The van der Waals surface area contributed by atoms with Gasteiger partial charge in [-0.3, -0.25) is 9.67 Å². The van der Waals surface area contributed by atoms with Gasteiger partial charge in [-0.15, -0.1) is 0 Å². The van der Waals surface area contributed by atoms with Crippen molar-refractivity contribution in [3.63, 3.8) is 0 Å². The zero-order valence-electron chi connectivity index (χ0n) is 21.3. The van der Waals surface area contributed by atoms with E-state index < -0.39 is 11.4 Å². The van der Waals surface area contributed by atoms with Crippen molar-refractivity contribution in [3.05, 3.63) is 66.7 Å². The van der Waals surface area contributed by atoms with Crippen molar-refractivity contribution < 1.29 is 23.4 Å². The molecule has 0 saturated carbocycles. The molecule has 1 fully saturated rings. The minimum atomic E-state index is -0.554. The molecular weight excluding hydrogens is 475 g/mol. The molecule has 9 heteroatoms. The van der Waals surface area contributed by atoms with Crippen molar-refractivity contribution in [1.29, 1.82) is 0 Å². The third-order valence-electron chi connectivity index (χ3n) is 6.17. The van der Waals surface area contributed by atoms with Gasteiger partial charge in [-0.25, -0.2) is 4.79 Å². The highest BCUT2D eigenvalue weighted by atomic mass is 19.1. The van der Waals surface area contributed by atoms with Crippen LogP contribution in [0.2, 0.25) is 0 Å². The van der Waals surface area contributed by atoms with Crippen molar-refractivity contribution in [1.82, 2.24) is 19.7 Å². The lowest BCUT2D eigenvalue weighted by Crippen LogP contribution is -2.35. The maximum absolute atomic E-state index is 14.5. The summed E-state index contributed by atoms with van der Waals surface area (Å²) in [6.07, 6.45) is 4.00. The molecule has 4 aromatic rings. The molecule has 1 amide bonds. The van der Waals surface area contributed by atoms with E-state index in [1.165, 1.54) is 13.2 Å². The number of halogens is 1. The molecular formula is C28H29FN4O4. The SMILES string of the molecule is COc1cccc(Oc2ccc(-c3nn(C4CCN(C(=O)OC(C)(C)C)C4)c4ccncc34)cc2)c1F. The summed E-state index contributed by atoms with van der Waals surface area (Å²) >= 11 is 0. The molecule has 3 heterocycles. The average molecular weight is 505 g/mol. The number of rotatable bonds is 5. The topological polar surface area (TPSA) is 78.7 Å². The molecule has 0 N–H and O–H groups in total. The van der Waals surface area contributed by atoms with Gasteiger partial charge in [0, 0.05) is 36.4 Å². The summed E-state index contributed by atoms with van der Waals surface area (Å²) in [6.45, 7) is 6.72. The molecule has 0 aliphatic carbocycles. The van der Waals surface area contributed by atoms with Crippen LogP contribution in [0.1, 0.15) is 33.2 Å². The molecule has 1 atom stereocenters. The van der Waals surface area contributed by atoms with E-state index in [0.717, 1.165) is 28.6 Å². The zero-order chi connectivity index (χ0) is 26.2. The average Bonchev–Trinajstić information content (AvgIpc) is 3.50. The Morgan fingerprint density at radius 3 is 2.57 bits per heavy atom. The van der Waals surface area contributed by atoms with E-state index in [-0.39, 0.29) is 23.6 Å². The third-order valence-corrected chi connectivity index (χ3v) is 6.17. The summed E-state index contributed by atoms with van der Waals surface area (Å²) < 4.78 is 32.8. The first-order valence-corrected chi connectivity index (χ1v) is 12.1. The lowest BCUT2D eigenvalue weighted by atomic mass is 10.1. The number of hydrogen-bond acceptors (Lipinski definition) is 6. The van der Waals surface area contributed by atoms with Gasteiger partial charge >= 0.3 is 6.09 Å². The van der Waals surface area contributed by atoms with Gasteiger partial charge in [-0.05, 0) is 69.7 Å². The van der Waals surface area contributed by atoms with E-state index in [4.69, 9.17) is 19.3 Å². The lowest BCUT2D eigenvalue weighted by molar-refractivity contribution is 0.0288. The van der Waals surface area contributed by atoms with Gasteiger partial charge in [0.15, 0.2) is 11.5 Å². The van der Waals surface area contributed by atoms with Crippen LogP contribution < -0.4 is 9.47 Å². The Hall–Kier alpha value is -4.14. The number of likely N-dealkylation sites (tertiary alicyclic amines) is 1. The number of carbonyl (C=O) groups excluding carboxylic acids is 1. The normalized spacial score (nSPS) is 15.7. The van der Waals surface area contributed by atoms with E-state index >= 15 is 0 Å². The van der Waals surface area contributed by atoms with E-state index in [1.807, 2.05) is 43.7 Å². The van der Waals surface area contributed by atoms with Gasteiger partial charge in [0.25, 0.3) is 0 Å². The first-order valence-electron chi connectivity index (χ1n) is 12.1. The van der Waals surface area contributed by atoms with Crippen LogP contribution in [0.5, 0.6) is 17.2 Å². The number of hydrogen-bond donors (Lipinski definition) is 0. The molecule has 0 radical (unpaired) electrons. The fraction of sp³-hybridized carbons (Fsp3) is 0.321. The van der Waals surface area contributed by atoms with Crippen LogP contribution in [-0.4, -0.2) is 51.6 Å². The molecule has 5 rings (SSSR count). The van der Waals surface area contributed by atoms with Gasteiger partial charge in [0.2, 0.25) is 5.82 Å². The minimum Gasteiger partial charge on any atom is -0.494 e. The molecule has 1 aliphatic heterocycles. The fourth-order valence-electron chi connectivity index (χ4n) is 4.45. The highest BCUT2D eigenvalue weighted by Gasteiger charge is 2.32. The van der Waals surface area contributed by atoms with Crippen LogP contribution in [0.4, 0.5) is 9.18 Å². The number of benzene rings is 2. The van der Waals surface area contributed by atoms with E-state index in [0.29, 0.717) is 18.8 Å². The predicted molar refractivity (Wildman–Crippen MR) is 137 cm³/mol. The van der Waals surface area contributed by atoms with Gasteiger partial charge in [0.05, 0.1) is 18.7 Å². The van der Waals surface area contributed by atoms with Crippen LogP contribution in [0, 0.1) is 5.82 Å². The highest BCUT2D eigenvalue weighted by molar-refractivity contribution is 5.92.